The minimum Gasteiger partial charge on any atom is -0.473 e. The first kappa shape index (κ1) is 27.1. The Kier molecular flexibility index (Phi) is 8.69. The Morgan fingerprint density at radius 1 is 1.08 bits per heavy atom. The molecule has 0 aliphatic carbocycles. The molecule has 3 aromatic carbocycles. The van der Waals surface area contributed by atoms with Gasteiger partial charge in [-0.05, 0) is 43.2 Å². The van der Waals surface area contributed by atoms with Crippen molar-refractivity contribution in [3.8, 4) is 17.6 Å². The molecule has 0 aliphatic heterocycles. The van der Waals surface area contributed by atoms with E-state index in [9.17, 15) is 19.2 Å². The molecule has 1 N–H and O–H groups in total. The number of aryl methyl sites for hydroxylation is 1. The van der Waals surface area contributed by atoms with Gasteiger partial charge in [0.15, 0.2) is 5.69 Å². The molecule has 198 valence electrons. The molecule has 0 saturated heterocycles. The van der Waals surface area contributed by atoms with Crippen LogP contribution in [0, 0.1) is 24.1 Å². The van der Waals surface area contributed by atoms with Crippen molar-refractivity contribution >= 4 is 11.9 Å². The number of carbonyl (C=O) groups excluding carboxylic acids is 2. The SMILES string of the molecule is CCOC(=O)C[C@H](NC(=O)c1cc(OCc2ccccc2C#N)n(-c2ccccc2F)n1)c1ccccc1C. The van der Waals surface area contributed by atoms with Crippen molar-refractivity contribution in [2.45, 2.75) is 32.9 Å². The van der Waals surface area contributed by atoms with E-state index in [2.05, 4.69) is 16.5 Å². The predicted octanol–water partition coefficient (Wildman–Crippen LogP) is 5.19. The van der Waals surface area contributed by atoms with Crippen molar-refractivity contribution in [3.05, 3.63) is 113 Å². The molecule has 1 atom stereocenters. The maximum absolute atomic E-state index is 14.7. The van der Waals surface area contributed by atoms with E-state index in [0.717, 1.165) is 11.1 Å². The molecule has 0 saturated carbocycles. The van der Waals surface area contributed by atoms with E-state index in [0.29, 0.717) is 11.1 Å². The van der Waals surface area contributed by atoms with Crippen LogP contribution in [-0.2, 0) is 16.1 Å². The predicted molar refractivity (Wildman–Crippen MR) is 142 cm³/mol. The lowest BCUT2D eigenvalue weighted by Gasteiger charge is -2.20. The van der Waals surface area contributed by atoms with Gasteiger partial charge in [0.25, 0.3) is 5.91 Å². The minimum absolute atomic E-state index is 0.000365. The topological polar surface area (TPSA) is 106 Å². The van der Waals surface area contributed by atoms with E-state index in [1.807, 2.05) is 31.2 Å². The number of halogens is 1. The first-order valence-corrected chi connectivity index (χ1v) is 12.4. The highest BCUT2D eigenvalue weighted by atomic mass is 19.1. The maximum atomic E-state index is 14.7. The Balaban J connectivity index is 1.66. The number of benzene rings is 3. The lowest BCUT2D eigenvalue weighted by atomic mass is 9.98. The zero-order valence-electron chi connectivity index (χ0n) is 21.6. The number of hydrogen-bond acceptors (Lipinski definition) is 6. The number of para-hydroxylation sites is 1. The molecule has 0 radical (unpaired) electrons. The highest BCUT2D eigenvalue weighted by molar-refractivity contribution is 5.93. The number of aromatic nitrogens is 2. The molecule has 0 unspecified atom stereocenters. The molecule has 8 nitrogen and oxygen atoms in total. The molecule has 0 fully saturated rings. The number of nitrogens with zero attached hydrogens (tertiary/aromatic N) is 3. The third kappa shape index (κ3) is 6.48. The van der Waals surface area contributed by atoms with Gasteiger partial charge in [-0.2, -0.15) is 15.0 Å². The van der Waals surface area contributed by atoms with E-state index in [-0.39, 0.29) is 36.9 Å². The van der Waals surface area contributed by atoms with Crippen molar-refractivity contribution in [1.29, 1.82) is 5.26 Å². The van der Waals surface area contributed by atoms with E-state index in [1.54, 1.807) is 43.3 Å². The van der Waals surface area contributed by atoms with Crippen LogP contribution in [0.3, 0.4) is 0 Å². The summed E-state index contributed by atoms with van der Waals surface area (Å²) >= 11 is 0. The second kappa shape index (κ2) is 12.5. The zero-order chi connectivity index (χ0) is 27.8. The van der Waals surface area contributed by atoms with Gasteiger partial charge in [-0.25, -0.2) is 4.39 Å². The van der Waals surface area contributed by atoms with Crippen LogP contribution in [0.25, 0.3) is 5.69 Å². The fraction of sp³-hybridized carbons (Fsp3) is 0.200. The number of nitrogens with one attached hydrogen (secondary N) is 1. The van der Waals surface area contributed by atoms with Crippen LogP contribution in [0.5, 0.6) is 5.88 Å². The average molecular weight is 527 g/mol. The molecular formula is C30H27FN4O4. The molecule has 39 heavy (non-hydrogen) atoms. The van der Waals surface area contributed by atoms with Gasteiger partial charge in [-0.3, -0.25) is 9.59 Å². The van der Waals surface area contributed by atoms with E-state index < -0.39 is 23.7 Å². The Morgan fingerprint density at radius 2 is 1.79 bits per heavy atom. The number of carbonyl (C=O) groups is 2. The summed E-state index contributed by atoms with van der Waals surface area (Å²) in [5.41, 5.74) is 2.77. The van der Waals surface area contributed by atoms with Crippen LogP contribution in [0.1, 0.15) is 52.1 Å². The molecule has 1 aromatic heterocycles. The summed E-state index contributed by atoms with van der Waals surface area (Å²) < 4.78 is 27.0. The quantitative estimate of drug-likeness (QED) is 0.285. The fourth-order valence-corrected chi connectivity index (χ4v) is 4.12. The van der Waals surface area contributed by atoms with Crippen LogP contribution < -0.4 is 10.1 Å². The number of amides is 1. The Morgan fingerprint density at radius 3 is 2.54 bits per heavy atom. The van der Waals surface area contributed by atoms with E-state index in [4.69, 9.17) is 9.47 Å². The normalized spacial score (nSPS) is 11.3. The standard InChI is InChI=1S/C30H27FN4O4/c1-3-38-29(36)17-25(23-13-7-4-10-20(23)2)33-30(37)26-16-28(35(34-26)27-15-9-8-14-24(27)31)39-19-22-12-6-5-11-21(22)18-32/h4-16,25H,3,17,19H2,1-2H3,(H,33,37)/t25-/m0/s1. The Hall–Kier alpha value is -4.97. The number of nitriles is 1. The van der Waals surface area contributed by atoms with Gasteiger partial charge in [0.2, 0.25) is 5.88 Å². The first-order valence-electron chi connectivity index (χ1n) is 12.4. The van der Waals surface area contributed by atoms with Crippen molar-refractivity contribution < 1.29 is 23.5 Å². The van der Waals surface area contributed by atoms with Gasteiger partial charge >= 0.3 is 5.97 Å². The number of esters is 1. The summed E-state index contributed by atoms with van der Waals surface area (Å²) in [5, 5.41) is 16.6. The fourth-order valence-electron chi connectivity index (χ4n) is 4.12. The van der Waals surface area contributed by atoms with Crippen molar-refractivity contribution in [2.75, 3.05) is 6.61 Å². The summed E-state index contributed by atoms with van der Waals surface area (Å²) in [5.74, 6) is -1.49. The first-order chi connectivity index (χ1) is 18.9. The van der Waals surface area contributed by atoms with Gasteiger partial charge in [0.05, 0.1) is 30.7 Å². The molecule has 4 aromatic rings. The largest absolute Gasteiger partial charge is 0.473 e. The molecule has 4 rings (SSSR count). The molecule has 9 heteroatoms. The van der Waals surface area contributed by atoms with Crippen LogP contribution in [-0.4, -0.2) is 28.3 Å². The van der Waals surface area contributed by atoms with Crippen molar-refractivity contribution in [2.24, 2.45) is 0 Å². The Bertz CT molecular complexity index is 1530. The highest BCUT2D eigenvalue weighted by Gasteiger charge is 2.25. The van der Waals surface area contributed by atoms with Crippen molar-refractivity contribution in [3.63, 3.8) is 0 Å². The minimum atomic E-state index is -0.678. The van der Waals surface area contributed by atoms with Crippen molar-refractivity contribution in [1.82, 2.24) is 15.1 Å². The molecular weight excluding hydrogens is 499 g/mol. The number of hydrogen-bond donors (Lipinski definition) is 1. The van der Waals surface area contributed by atoms with Gasteiger partial charge in [-0.15, -0.1) is 0 Å². The monoisotopic (exact) mass is 526 g/mol. The summed E-state index contributed by atoms with van der Waals surface area (Å²) in [6.07, 6.45) is -0.0766. The van der Waals surface area contributed by atoms with Gasteiger partial charge < -0.3 is 14.8 Å². The van der Waals surface area contributed by atoms with E-state index >= 15 is 0 Å². The molecule has 0 spiro atoms. The average Bonchev–Trinajstić information content (AvgIpc) is 3.36. The smallest absolute Gasteiger partial charge is 0.308 e. The molecule has 1 heterocycles. The zero-order valence-corrected chi connectivity index (χ0v) is 21.6. The summed E-state index contributed by atoms with van der Waals surface area (Å²) in [4.78, 5) is 25.7. The van der Waals surface area contributed by atoms with E-state index in [1.165, 1.54) is 22.9 Å². The second-order valence-corrected chi connectivity index (χ2v) is 8.68. The van der Waals surface area contributed by atoms with Gasteiger partial charge in [0, 0.05) is 11.6 Å². The van der Waals surface area contributed by atoms with Gasteiger partial charge in [0.1, 0.15) is 18.1 Å². The third-order valence-electron chi connectivity index (χ3n) is 6.05. The second-order valence-electron chi connectivity index (χ2n) is 8.68. The van der Waals surface area contributed by atoms with Crippen LogP contribution >= 0.6 is 0 Å². The van der Waals surface area contributed by atoms with Crippen LogP contribution in [0.4, 0.5) is 4.39 Å². The number of ether oxygens (including phenoxy) is 2. The molecule has 0 aliphatic rings. The highest BCUT2D eigenvalue weighted by Crippen LogP contribution is 2.25. The maximum Gasteiger partial charge on any atom is 0.308 e. The summed E-state index contributed by atoms with van der Waals surface area (Å²) in [6.45, 7) is 3.82. The summed E-state index contributed by atoms with van der Waals surface area (Å²) in [6, 6.07) is 23.2. The Labute approximate surface area is 225 Å². The molecule has 1 amide bonds. The number of rotatable bonds is 10. The third-order valence-corrected chi connectivity index (χ3v) is 6.05. The van der Waals surface area contributed by atoms with Crippen LogP contribution in [0.15, 0.2) is 78.9 Å². The lowest BCUT2D eigenvalue weighted by Crippen LogP contribution is -2.31. The lowest BCUT2D eigenvalue weighted by molar-refractivity contribution is -0.143. The molecule has 0 bridgehead atoms. The van der Waals surface area contributed by atoms with Gasteiger partial charge in [-0.1, -0.05) is 54.6 Å². The van der Waals surface area contributed by atoms with Crippen LogP contribution in [0.2, 0.25) is 0 Å². The summed E-state index contributed by atoms with van der Waals surface area (Å²) in [7, 11) is 0.